The van der Waals surface area contributed by atoms with Gasteiger partial charge in [0, 0.05) is 20.1 Å². The molecule has 0 aliphatic carbocycles. The highest BCUT2D eigenvalue weighted by molar-refractivity contribution is 5.79. The highest BCUT2D eigenvalue weighted by Crippen LogP contribution is 2.25. The lowest BCUT2D eigenvalue weighted by atomic mass is 10.2. The molecule has 1 aromatic heterocycles. The van der Waals surface area contributed by atoms with Crippen molar-refractivity contribution in [2.75, 3.05) is 33.3 Å². The van der Waals surface area contributed by atoms with Crippen molar-refractivity contribution >= 4 is 5.96 Å². The molecular weight excluding hydrogens is 397 g/mol. The van der Waals surface area contributed by atoms with Gasteiger partial charge in [0.1, 0.15) is 11.5 Å². The van der Waals surface area contributed by atoms with Gasteiger partial charge >= 0.3 is 6.18 Å². The Bertz CT molecular complexity index is 803. The second kappa shape index (κ2) is 10.4. The molecule has 1 fully saturated rings. The van der Waals surface area contributed by atoms with E-state index in [1.807, 2.05) is 18.2 Å². The molecule has 2 aromatic rings. The number of hydrogen-bond donors (Lipinski definition) is 2. The molecule has 1 aliphatic heterocycles. The molecule has 3 rings (SSSR count). The molecule has 0 radical (unpaired) electrons. The molecule has 1 atom stereocenters. The Morgan fingerprint density at radius 2 is 2.00 bits per heavy atom. The summed E-state index contributed by atoms with van der Waals surface area (Å²) in [5.74, 6) is 1.70. The molecule has 0 spiro atoms. The molecule has 1 saturated heterocycles. The average molecular weight is 424 g/mol. The molecule has 1 aromatic carbocycles. The lowest BCUT2D eigenvalue weighted by Crippen LogP contribution is -2.42. The van der Waals surface area contributed by atoms with Crippen LogP contribution in [-0.2, 0) is 6.54 Å². The van der Waals surface area contributed by atoms with E-state index < -0.39 is 12.8 Å². The summed E-state index contributed by atoms with van der Waals surface area (Å²) in [6.45, 7) is 1.78. The maximum absolute atomic E-state index is 12.3. The first-order valence-corrected chi connectivity index (χ1v) is 9.95. The largest absolute Gasteiger partial charge is 0.484 e. The fraction of sp³-hybridized carbons (Fsp3) is 0.476. The number of furan rings is 1. The number of nitrogens with one attached hydrogen (secondary N) is 2. The number of rotatable bonds is 8. The quantitative estimate of drug-likeness (QED) is 0.500. The van der Waals surface area contributed by atoms with Crippen LogP contribution in [0.2, 0.25) is 0 Å². The van der Waals surface area contributed by atoms with Gasteiger partial charge in [-0.15, -0.1) is 0 Å². The third-order valence-electron chi connectivity index (χ3n) is 4.90. The molecule has 0 amide bonds. The van der Waals surface area contributed by atoms with E-state index in [0.717, 1.165) is 24.4 Å². The normalized spacial score (nSPS) is 16.5. The first-order chi connectivity index (χ1) is 14.4. The van der Waals surface area contributed by atoms with Gasteiger partial charge in [-0.1, -0.05) is 12.1 Å². The maximum atomic E-state index is 12.3. The first-order valence-electron chi connectivity index (χ1n) is 9.95. The van der Waals surface area contributed by atoms with Crippen molar-refractivity contribution in [1.29, 1.82) is 0 Å². The van der Waals surface area contributed by atoms with Crippen LogP contribution in [0, 0.1) is 0 Å². The number of hydrogen-bond acceptors (Lipinski definition) is 4. The van der Waals surface area contributed by atoms with Gasteiger partial charge in [-0.05, 0) is 55.8 Å². The summed E-state index contributed by atoms with van der Waals surface area (Å²) >= 11 is 0. The molecule has 164 valence electrons. The minimum absolute atomic E-state index is 0.111. The number of halogens is 3. The van der Waals surface area contributed by atoms with Crippen LogP contribution in [0.1, 0.15) is 30.2 Å². The van der Waals surface area contributed by atoms with Gasteiger partial charge in [-0.25, -0.2) is 0 Å². The van der Waals surface area contributed by atoms with E-state index in [0.29, 0.717) is 19.0 Å². The third kappa shape index (κ3) is 6.69. The number of alkyl halides is 3. The van der Waals surface area contributed by atoms with Gasteiger partial charge < -0.3 is 19.8 Å². The molecule has 2 heterocycles. The minimum Gasteiger partial charge on any atom is -0.484 e. The van der Waals surface area contributed by atoms with Crippen molar-refractivity contribution in [3.63, 3.8) is 0 Å². The molecule has 0 saturated carbocycles. The SMILES string of the molecule is CN=C(NCc1cccc(OCC(F)(F)F)c1)NCC(c1ccco1)N1CCCC1. The van der Waals surface area contributed by atoms with Crippen LogP contribution in [0.25, 0.3) is 0 Å². The lowest BCUT2D eigenvalue weighted by molar-refractivity contribution is -0.153. The minimum atomic E-state index is -4.36. The number of likely N-dealkylation sites (tertiary alicyclic amines) is 1. The highest BCUT2D eigenvalue weighted by atomic mass is 19.4. The van der Waals surface area contributed by atoms with Crippen molar-refractivity contribution in [1.82, 2.24) is 15.5 Å². The first kappa shape index (κ1) is 22.0. The van der Waals surface area contributed by atoms with E-state index in [2.05, 4.69) is 20.5 Å². The predicted octanol–water partition coefficient (Wildman–Crippen LogP) is 3.72. The monoisotopic (exact) mass is 424 g/mol. The summed E-state index contributed by atoms with van der Waals surface area (Å²) in [6, 6.07) is 10.6. The zero-order chi connectivity index (χ0) is 21.4. The summed E-state index contributed by atoms with van der Waals surface area (Å²) < 4.78 is 47.4. The number of guanidine groups is 1. The summed E-state index contributed by atoms with van der Waals surface area (Å²) in [7, 11) is 1.68. The smallest absolute Gasteiger partial charge is 0.422 e. The van der Waals surface area contributed by atoms with Crippen LogP contribution in [0.5, 0.6) is 5.75 Å². The second-order valence-electron chi connectivity index (χ2n) is 7.13. The van der Waals surface area contributed by atoms with Crippen molar-refractivity contribution in [3.8, 4) is 5.75 Å². The van der Waals surface area contributed by atoms with Crippen LogP contribution in [0.3, 0.4) is 0 Å². The Morgan fingerprint density at radius 3 is 2.67 bits per heavy atom. The standard InChI is InChI=1S/C21H27F3N4O2/c1-25-20(26-13-16-6-4-7-17(12-16)30-15-21(22,23)24)27-14-18(19-8-5-11-29-19)28-9-2-3-10-28/h4-8,11-12,18H,2-3,9-10,13-15H2,1H3,(H2,25,26,27). The van der Waals surface area contributed by atoms with Crippen LogP contribution in [-0.4, -0.2) is 50.3 Å². The number of benzene rings is 1. The third-order valence-corrected chi connectivity index (χ3v) is 4.90. The number of aliphatic imine (C=N–C) groups is 1. The lowest BCUT2D eigenvalue weighted by Gasteiger charge is -2.26. The summed E-state index contributed by atoms with van der Waals surface area (Å²) in [5, 5.41) is 6.51. The summed E-state index contributed by atoms with van der Waals surface area (Å²) in [6.07, 6.45) is -0.326. The van der Waals surface area contributed by atoms with E-state index >= 15 is 0 Å². The molecule has 0 bridgehead atoms. The van der Waals surface area contributed by atoms with Crippen LogP contribution in [0.15, 0.2) is 52.1 Å². The number of nitrogens with zero attached hydrogens (tertiary/aromatic N) is 2. The van der Waals surface area contributed by atoms with E-state index in [1.165, 1.54) is 18.9 Å². The van der Waals surface area contributed by atoms with E-state index in [-0.39, 0.29) is 11.8 Å². The van der Waals surface area contributed by atoms with E-state index in [1.54, 1.807) is 25.4 Å². The summed E-state index contributed by atoms with van der Waals surface area (Å²) in [4.78, 5) is 6.63. The van der Waals surface area contributed by atoms with E-state index in [4.69, 9.17) is 9.15 Å². The zero-order valence-electron chi connectivity index (χ0n) is 16.9. The second-order valence-corrected chi connectivity index (χ2v) is 7.13. The van der Waals surface area contributed by atoms with E-state index in [9.17, 15) is 13.2 Å². The number of ether oxygens (including phenoxy) is 1. The fourth-order valence-electron chi connectivity index (χ4n) is 3.45. The Kier molecular flexibility index (Phi) is 7.62. The zero-order valence-corrected chi connectivity index (χ0v) is 16.9. The maximum Gasteiger partial charge on any atom is 0.422 e. The molecule has 30 heavy (non-hydrogen) atoms. The van der Waals surface area contributed by atoms with Gasteiger partial charge in [0.2, 0.25) is 0 Å². The summed E-state index contributed by atoms with van der Waals surface area (Å²) in [5.41, 5.74) is 0.791. The highest BCUT2D eigenvalue weighted by Gasteiger charge is 2.28. The van der Waals surface area contributed by atoms with Gasteiger partial charge in [-0.2, -0.15) is 13.2 Å². The van der Waals surface area contributed by atoms with Gasteiger partial charge in [0.15, 0.2) is 12.6 Å². The topological polar surface area (TPSA) is 62.0 Å². The molecule has 9 heteroatoms. The fourth-order valence-corrected chi connectivity index (χ4v) is 3.45. The van der Waals surface area contributed by atoms with Crippen LogP contribution >= 0.6 is 0 Å². The van der Waals surface area contributed by atoms with Crippen LogP contribution < -0.4 is 15.4 Å². The Morgan fingerprint density at radius 1 is 1.20 bits per heavy atom. The average Bonchev–Trinajstić information content (AvgIpc) is 3.43. The van der Waals surface area contributed by atoms with Gasteiger partial charge in [-0.3, -0.25) is 9.89 Å². The Balaban J connectivity index is 1.53. The van der Waals surface area contributed by atoms with Crippen molar-refractivity contribution in [2.45, 2.75) is 31.6 Å². The van der Waals surface area contributed by atoms with Crippen molar-refractivity contribution in [3.05, 3.63) is 54.0 Å². The molecular formula is C21H27F3N4O2. The van der Waals surface area contributed by atoms with Crippen molar-refractivity contribution < 1.29 is 22.3 Å². The van der Waals surface area contributed by atoms with Crippen LogP contribution in [0.4, 0.5) is 13.2 Å². The molecule has 1 unspecified atom stereocenters. The molecule has 2 N–H and O–H groups in total. The van der Waals surface area contributed by atoms with Crippen molar-refractivity contribution in [2.24, 2.45) is 4.99 Å². The van der Waals surface area contributed by atoms with Gasteiger partial charge in [0.25, 0.3) is 0 Å². The Hall–Kier alpha value is -2.68. The van der Waals surface area contributed by atoms with Gasteiger partial charge in [0.05, 0.1) is 12.3 Å². The Labute approximate surface area is 174 Å². The predicted molar refractivity (Wildman–Crippen MR) is 108 cm³/mol. The molecule has 1 aliphatic rings. The molecule has 6 nitrogen and oxygen atoms in total.